The molecule has 2 saturated heterocycles. The smallest absolute Gasteiger partial charge is 0.239 e. The zero-order valence-corrected chi connectivity index (χ0v) is 12.1. The number of nitrogens with zero attached hydrogens (tertiary/aromatic N) is 3. The molecular formula is C14H26N4O. The van der Waals surface area contributed by atoms with E-state index in [0.717, 1.165) is 39.1 Å². The van der Waals surface area contributed by atoms with Gasteiger partial charge in [0, 0.05) is 44.8 Å². The summed E-state index contributed by atoms with van der Waals surface area (Å²) < 4.78 is 0. The van der Waals surface area contributed by atoms with Crippen LogP contribution in [0.4, 0.5) is 0 Å². The van der Waals surface area contributed by atoms with Crippen LogP contribution in [0.2, 0.25) is 0 Å². The average Bonchev–Trinajstić information content (AvgIpc) is 3.13. The van der Waals surface area contributed by atoms with Gasteiger partial charge in [-0.05, 0) is 33.4 Å². The highest BCUT2D eigenvalue weighted by Gasteiger charge is 2.37. The first kappa shape index (κ1) is 13.3. The Balaban J connectivity index is 1.53. The second-order valence-corrected chi connectivity index (χ2v) is 6.46. The molecule has 2 unspecified atom stereocenters. The molecule has 0 bridgehead atoms. The first-order chi connectivity index (χ1) is 9.13. The Bertz CT molecular complexity index is 344. The zero-order valence-electron chi connectivity index (χ0n) is 12.1. The van der Waals surface area contributed by atoms with Crippen LogP contribution >= 0.6 is 0 Å². The lowest BCUT2D eigenvalue weighted by molar-refractivity contribution is -0.130. The number of amides is 1. The number of nitrogens with one attached hydrogen (secondary N) is 1. The maximum atomic E-state index is 12.4. The van der Waals surface area contributed by atoms with E-state index < -0.39 is 0 Å². The van der Waals surface area contributed by atoms with E-state index in [1.807, 2.05) is 0 Å². The monoisotopic (exact) mass is 266 g/mol. The minimum Gasteiger partial charge on any atom is -0.340 e. The molecule has 5 heteroatoms. The highest BCUT2D eigenvalue weighted by Crippen LogP contribution is 2.23. The van der Waals surface area contributed by atoms with E-state index in [-0.39, 0.29) is 6.04 Å². The molecule has 2 heterocycles. The third-order valence-electron chi connectivity index (χ3n) is 4.72. The van der Waals surface area contributed by atoms with Crippen molar-refractivity contribution in [1.82, 2.24) is 20.0 Å². The molecular weight excluding hydrogens is 240 g/mol. The van der Waals surface area contributed by atoms with Crippen LogP contribution in [0.15, 0.2) is 0 Å². The molecule has 0 radical (unpaired) electrons. The summed E-state index contributed by atoms with van der Waals surface area (Å²) in [6.45, 7) is 5.13. The van der Waals surface area contributed by atoms with Crippen molar-refractivity contribution in [3.05, 3.63) is 0 Å². The Morgan fingerprint density at radius 2 is 1.95 bits per heavy atom. The van der Waals surface area contributed by atoms with Crippen LogP contribution in [0.1, 0.15) is 19.3 Å². The first-order valence-corrected chi connectivity index (χ1v) is 7.57. The Morgan fingerprint density at radius 1 is 1.16 bits per heavy atom. The largest absolute Gasteiger partial charge is 0.340 e. The number of rotatable bonds is 4. The maximum Gasteiger partial charge on any atom is 0.239 e. The normalized spacial score (nSPS) is 34.2. The van der Waals surface area contributed by atoms with E-state index in [2.05, 4.69) is 34.1 Å². The number of likely N-dealkylation sites (tertiary alicyclic amines) is 1. The minimum absolute atomic E-state index is 0.0964. The summed E-state index contributed by atoms with van der Waals surface area (Å²) >= 11 is 0. The van der Waals surface area contributed by atoms with Crippen molar-refractivity contribution in [2.24, 2.45) is 0 Å². The Kier molecular flexibility index (Phi) is 3.78. The van der Waals surface area contributed by atoms with Gasteiger partial charge in [-0.2, -0.15) is 0 Å². The predicted molar refractivity (Wildman–Crippen MR) is 75.1 cm³/mol. The third-order valence-corrected chi connectivity index (χ3v) is 4.72. The Labute approximate surface area is 115 Å². The fourth-order valence-electron chi connectivity index (χ4n) is 3.16. The molecule has 5 nitrogen and oxygen atoms in total. The van der Waals surface area contributed by atoms with Crippen molar-refractivity contribution >= 4 is 5.91 Å². The zero-order chi connectivity index (χ0) is 13.4. The van der Waals surface area contributed by atoms with E-state index in [1.165, 1.54) is 12.8 Å². The van der Waals surface area contributed by atoms with E-state index in [9.17, 15) is 4.79 Å². The van der Waals surface area contributed by atoms with Gasteiger partial charge >= 0.3 is 0 Å². The van der Waals surface area contributed by atoms with Crippen LogP contribution in [0.5, 0.6) is 0 Å². The lowest BCUT2D eigenvalue weighted by atomic mass is 10.1. The number of carbonyl (C=O) groups is 1. The Hall–Kier alpha value is -0.650. The number of hydrogen-bond donors (Lipinski definition) is 1. The van der Waals surface area contributed by atoms with Gasteiger partial charge in [-0.1, -0.05) is 0 Å². The van der Waals surface area contributed by atoms with Crippen LogP contribution < -0.4 is 5.32 Å². The van der Waals surface area contributed by atoms with Crippen molar-refractivity contribution < 1.29 is 4.79 Å². The molecule has 1 amide bonds. The van der Waals surface area contributed by atoms with Crippen molar-refractivity contribution in [3.63, 3.8) is 0 Å². The van der Waals surface area contributed by atoms with Gasteiger partial charge in [0.2, 0.25) is 5.91 Å². The van der Waals surface area contributed by atoms with E-state index >= 15 is 0 Å². The van der Waals surface area contributed by atoms with Crippen molar-refractivity contribution in [2.75, 3.05) is 46.8 Å². The highest BCUT2D eigenvalue weighted by atomic mass is 16.2. The predicted octanol–water partition coefficient (Wildman–Crippen LogP) is -0.415. The molecule has 0 aromatic carbocycles. The lowest BCUT2D eigenvalue weighted by Crippen LogP contribution is -2.55. The SMILES string of the molecule is CN1CCN(C)C(CN2CCC(NC3CC3)C2=O)C1. The van der Waals surface area contributed by atoms with Crippen molar-refractivity contribution in [2.45, 2.75) is 37.4 Å². The molecule has 1 saturated carbocycles. The molecule has 1 N–H and O–H groups in total. The van der Waals surface area contributed by atoms with Crippen LogP contribution in [0, 0.1) is 0 Å². The van der Waals surface area contributed by atoms with Gasteiger partial charge in [-0.15, -0.1) is 0 Å². The Morgan fingerprint density at radius 3 is 2.68 bits per heavy atom. The summed E-state index contributed by atoms with van der Waals surface area (Å²) in [7, 11) is 4.35. The molecule has 2 aliphatic heterocycles. The summed E-state index contributed by atoms with van der Waals surface area (Å²) in [5.41, 5.74) is 0. The second-order valence-electron chi connectivity index (χ2n) is 6.46. The summed E-state index contributed by atoms with van der Waals surface area (Å²) in [6, 6.07) is 1.21. The lowest BCUT2D eigenvalue weighted by Gasteiger charge is -2.39. The summed E-state index contributed by atoms with van der Waals surface area (Å²) in [5.74, 6) is 0.327. The van der Waals surface area contributed by atoms with E-state index in [1.54, 1.807) is 0 Å². The average molecular weight is 266 g/mol. The summed E-state index contributed by atoms with van der Waals surface area (Å²) in [5, 5.41) is 3.47. The highest BCUT2D eigenvalue weighted by molar-refractivity contribution is 5.84. The number of likely N-dealkylation sites (N-methyl/N-ethyl adjacent to an activating group) is 2. The van der Waals surface area contributed by atoms with E-state index in [0.29, 0.717) is 18.0 Å². The number of hydrogen-bond acceptors (Lipinski definition) is 4. The third kappa shape index (κ3) is 3.09. The standard InChI is InChI=1S/C14H26N4O/c1-16-7-8-17(2)12(9-16)10-18-6-5-13(14(18)19)15-11-3-4-11/h11-13,15H,3-10H2,1-2H3. The first-order valence-electron chi connectivity index (χ1n) is 7.57. The molecule has 108 valence electrons. The topological polar surface area (TPSA) is 38.8 Å². The quantitative estimate of drug-likeness (QED) is 0.750. The maximum absolute atomic E-state index is 12.4. The molecule has 3 aliphatic rings. The summed E-state index contributed by atoms with van der Waals surface area (Å²) in [4.78, 5) is 19.2. The van der Waals surface area contributed by atoms with Crippen molar-refractivity contribution in [3.8, 4) is 0 Å². The van der Waals surface area contributed by atoms with Crippen molar-refractivity contribution in [1.29, 1.82) is 0 Å². The number of carbonyl (C=O) groups excluding carboxylic acids is 1. The van der Waals surface area contributed by atoms with Gasteiger partial charge in [-0.3, -0.25) is 9.69 Å². The van der Waals surface area contributed by atoms with Crippen LogP contribution in [-0.4, -0.2) is 85.6 Å². The van der Waals surface area contributed by atoms with Gasteiger partial charge < -0.3 is 15.1 Å². The van der Waals surface area contributed by atoms with Crippen LogP contribution in [0.3, 0.4) is 0 Å². The van der Waals surface area contributed by atoms with Gasteiger partial charge in [0.25, 0.3) is 0 Å². The molecule has 19 heavy (non-hydrogen) atoms. The molecule has 2 atom stereocenters. The summed E-state index contributed by atoms with van der Waals surface area (Å²) in [6.07, 6.45) is 3.49. The van der Waals surface area contributed by atoms with Crippen LogP contribution in [0.25, 0.3) is 0 Å². The molecule has 3 rings (SSSR count). The van der Waals surface area contributed by atoms with Gasteiger partial charge in [0.1, 0.15) is 0 Å². The second kappa shape index (κ2) is 5.38. The fourth-order valence-corrected chi connectivity index (χ4v) is 3.16. The van der Waals surface area contributed by atoms with Crippen LogP contribution in [-0.2, 0) is 4.79 Å². The van der Waals surface area contributed by atoms with Gasteiger partial charge in [0.15, 0.2) is 0 Å². The molecule has 0 spiro atoms. The fraction of sp³-hybridized carbons (Fsp3) is 0.929. The van der Waals surface area contributed by atoms with E-state index in [4.69, 9.17) is 0 Å². The van der Waals surface area contributed by atoms with Gasteiger partial charge in [0.05, 0.1) is 6.04 Å². The molecule has 0 aromatic heterocycles. The molecule has 0 aromatic rings. The molecule has 3 fully saturated rings. The molecule has 1 aliphatic carbocycles. The minimum atomic E-state index is 0.0964. The number of piperazine rings is 1. The van der Waals surface area contributed by atoms with Gasteiger partial charge in [-0.25, -0.2) is 0 Å².